The standard InChI is InChI=1S/C22H19F2N5O3S/c1-11-19-26-18(20(30)28-6-3-7-28)27-29(19)21-15(12-10-31-8-9-32-22(12)33-21)17(25-11)16-13(23)4-2-5-14(16)24/h2,4-5,11H,3,6-10H2,1H3/t11-/m0/s1. The molecule has 8 nitrogen and oxygen atoms in total. The van der Waals surface area contributed by atoms with E-state index in [9.17, 15) is 13.6 Å². The van der Waals surface area contributed by atoms with Crippen molar-refractivity contribution in [1.29, 1.82) is 0 Å². The molecule has 0 radical (unpaired) electrons. The second kappa shape index (κ2) is 7.70. The van der Waals surface area contributed by atoms with Crippen molar-refractivity contribution >= 4 is 23.0 Å². The topological polar surface area (TPSA) is 81.8 Å². The molecule has 3 aliphatic heterocycles. The minimum Gasteiger partial charge on any atom is -0.481 e. The van der Waals surface area contributed by atoms with Crippen LogP contribution in [0.4, 0.5) is 8.78 Å². The number of fused-ring (bicyclic) bond motifs is 5. The first-order chi connectivity index (χ1) is 16.0. The lowest BCUT2D eigenvalue weighted by Crippen LogP contribution is -2.42. The number of nitrogens with zero attached hydrogens (tertiary/aromatic N) is 5. The number of carbonyl (C=O) groups excluding carboxylic acids is 1. The van der Waals surface area contributed by atoms with E-state index in [0.717, 1.165) is 6.42 Å². The lowest BCUT2D eigenvalue weighted by Gasteiger charge is -2.29. The van der Waals surface area contributed by atoms with Crippen LogP contribution in [0.3, 0.4) is 0 Å². The molecule has 1 saturated heterocycles. The average molecular weight is 471 g/mol. The van der Waals surface area contributed by atoms with E-state index >= 15 is 0 Å². The zero-order chi connectivity index (χ0) is 22.7. The largest absolute Gasteiger partial charge is 0.481 e. The van der Waals surface area contributed by atoms with Crippen LogP contribution < -0.4 is 4.74 Å². The molecular weight excluding hydrogens is 452 g/mol. The second-order valence-corrected chi connectivity index (χ2v) is 9.01. The maximum Gasteiger partial charge on any atom is 0.293 e. The number of halogens is 2. The van der Waals surface area contributed by atoms with Gasteiger partial charge in [-0.1, -0.05) is 17.4 Å². The van der Waals surface area contributed by atoms with Gasteiger partial charge in [0.2, 0.25) is 5.82 Å². The van der Waals surface area contributed by atoms with Crippen LogP contribution in [0.2, 0.25) is 0 Å². The Balaban J connectivity index is 1.59. The van der Waals surface area contributed by atoms with Crippen LogP contribution >= 0.6 is 11.3 Å². The lowest BCUT2D eigenvalue weighted by atomic mass is 9.99. The molecule has 11 heteroatoms. The quantitative estimate of drug-likeness (QED) is 0.573. The first-order valence-corrected chi connectivity index (χ1v) is 11.5. The average Bonchev–Trinajstić information content (AvgIpc) is 3.23. The van der Waals surface area contributed by atoms with Gasteiger partial charge in [0.1, 0.15) is 29.3 Å². The fourth-order valence-corrected chi connectivity index (χ4v) is 5.31. The van der Waals surface area contributed by atoms with Crippen molar-refractivity contribution in [2.75, 3.05) is 26.3 Å². The Hall–Kier alpha value is -3.18. The van der Waals surface area contributed by atoms with E-state index < -0.39 is 17.7 Å². The molecule has 170 valence electrons. The summed E-state index contributed by atoms with van der Waals surface area (Å²) in [6.45, 7) is 4.07. The Morgan fingerprint density at radius 3 is 2.70 bits per heavy atom. The minimum atomic E-state index is -0.719. The Labute approximate surface area is 191 Å². The number of likely N-dealkylation sites (tertiary alicyclic amines) is 1. The van der Waals surface area contributed by atoms with Gasteiger partial charge in [0.15, 0.2) is 10.9 Å². The Kier molecular flexibility index (Phi) is 4.77. The fourth-order valence-electron chi connectivity index (χ4n) is 4.16. The van der Waals surface area contributed by atoms with E-state index in [1.807, 2.05) is 0 Å². The molecule has 3 aliphatic rings. The van der Waals surface area contributed by atoms with Crippen LogP contribution in [0, 0.1) is 11.6 Å². The number of hydrogen-bond donors (Lipinski definition) is 0. The maximum atomic E-state index is 14.9. The molecule has 0 unspecified atom stereocenters. The summed E-state index contributed by atoms with van der Waals surface area (Å²) in [7, 11) is 0. The predicted octanol–water partition coefficient (Wildman–Crippen LogP) is 3.27. The van der Waals surface area contributed by atoms with Crippen LogP contribution in [0.15, 0.2) is 23.2 Å². The highest BCUT2D eigenvalue weighted by molar-refractivity contribution is 7.17. The normalized spacial score (nSPS) is 19.3. The van der Waals surface area contributed by atoms with Crippen molar-refractivity contribution in [3.8, 4) is 10.1 Å². The molecular formula is C22H19F2N5O3S. The molecule has 0 aliphatic carbocycles. The van der Waals surface area contributed by atoms with Crippen LogP contribution in [0.25, 0.3) is 5.00 Å². The van der Waals surface area contributed by atoms with Gasteiger partial charge in [-0.25, -0.2) is 18.4 Å². The van der Waals surface area contributed by atoms with Gasteiger partial charge in [0.05, 0.1) is 24.5 Å². The summed E-state index contributed by atoms with van der Waals surface area (Å²) < 4.78 is 42.9. The maximum absolute atomic E-state index is 14.9. The smallest absolute Gasteiger partial charge is 0.293 e. The van der Waals surface area contributed by atoms with Crippen LogP contribution in [-0.4, -0.2) is 57.6 Å². The molecule has 0 saturated carbocycles. The number of ether oxygens (including phenoxy) is 2. The number of aromatic nitrogens is 3. The zero-order valence-corrected chi connectivity index (χ0v) is 18.5. The Morgan fingerprint density at radius 1 is 1.18 bits per heavy atom. The molecule has 2 aromatic heterocycles. The molecule has 0 N–H and O–H groups in total. The van der Waals surface area contributed by atoms with Gasteiger partial charge in [-0.3, -0.25) is 9.79 Å². The predicted molar refractivity (Wildman–Crippen MR) is 115 cm³/mol. The van der Waals surface area contributed by atoms with Gasteiger partial charge in [-0.05, 0) is 25.5 Å². The molecule has 1 aromatic carbocycles. The molecule has 1 fully saturated rings. The summed E-state index contributed by atoms with van der Waals surface area (Å²) >= 11 is 1.28. The highest BCUT2D eigenvalue weighted by atomic mass is 32.1. The molecule has 5 heterocycles. The third-order valence-corrected chi connectivity index (χ3v) is 7.07. The van der Waals surface area contributed by atoms with Gasteiger partial charge in [0.25, 0.3) is 5.91 Å². The van der Waals surface area contributed by atoms with E-state index in [-0.39, 0.29) is 29.6 Å². The molecule has 0 bridgehead atoms. The molecule has 3 aromatic rings. The molecule has 0 spiro atoms. The van der Waals surface area contributed by atoms with E-state index in [0.29, 0.717) is 53.3 Å². The third-order valence-electron chi connectivity index (χ3n) is 5.95. The van der Waals surface area contributed by atoms with Crippen molar-refractivity contribution in [3.63, 3.8) is 0 Å². The van der Waals surface area contributed by atoms with Gasteiger partial charge < -0.3 is 14.4 Å². The van der Waals surface area contributed by atoms with Crippen molar-refractivity contribution in [2.24, 2.45) is 4.99 Å². The molecule has 6 rings (SSSR count). The van der Waals surface area contributed by atoms with Crippen molar-refractivity contribution in [1.82, 2.24) is 19.7 Å². The number of amides is 1. The summed E-state index contributed by atoms with van der Waals surface area (Å²) in [6.07, 6.45) is 0.955. The zero-order valence-electron chi connectivity index (χ0n) is 17.7. The van der Waals surface area contributed by atoms with E-state index in [1.54, 1.807) is 16.5 Å². The highest BCUT2D eigenvalue weighted by Gasteiger charge is 2.36. The summed E-state index contributed by atoms with van der Waals surface area (Å²) in [5.41, 5.74) is 1.07. The van der Waals surface area contributed by atoms with Gasteiger partial charge in [0, 0.05) is 24.2 Å². The monoisotopic (exact) mass is 471 g/mol. The van der Waals surface area contributed by atoms with Crippen LogP contribution in [0.1, 0.15) is 52.5 Å². The molecule has 1 amide bonds. The number of thiophene rings is 1. The van der Waals surface area contributed by atoms with Crippen molar-refractivity contribution in [2.45, 2.75) is 26.0 Å². The van der Waals surface area contributed by atoms with E-state index in [1.165, 1.54) is 29.5 Å². The number of benzene rings is 1. The first kappa shape index (κ1) is 20.4. The van der Waals surface area contributed by atoms with Crippen LogP contribution in [-0.2, 0) is 11.3 Å². The summed E-state index contributed by atoms with van der Waals surface area (Å²) in [5, 5.41) is 5.63. The van der Waals surface area contributed by atoms with E-state index in [2.05, 4.69) is 10.1 Å². The molecule has 33 heavy (non-hydrogen) atoms. The SMILES string of the molecule is C[C@@H]1N=C(c2c(F)cccc2F)c2c(sc3c2COCCO3)-n2nc(C(=O)N3CCC3)nc21. The molecule has 1 atom stereocenters. The number of rotatable bonds is 2. The van der Waals surface area contributed by atoms with Crippen molar-refractivity contribution < 1.29 is 23.0 Å². The second-order valence-electron chi connectivity index (χ2n) is 8.05. The summed E-state index contributed by atoms with van der Waals surface area (Å²) in [6, 6.07) is 3.12. The minimum absolute atomic E-state index is 0.0824. The van der Waals surface area contributed by atoms with Gasteiger partial charge >= 0.3 is 0 Å². The van der Waals surface area contributed by atoms with E-state index in [4.69, 9.17) is 14.5 Å². The highest BCUT2D eigenvalue weighted by Crippen LogP contribution is 2.44. The number of carbonyl (C=O) groups is 1. The third kappa shape index (κ3) is 3.17. The Morgan fingerprint density at radius 2 is 1.97 bits per heavy atom. The fraction of sp³-hybridized carbons (Fsp3) is 0.364. The summed E-state index contributed by atoms with van der Waals surface area (Å²) in [5.74, 6) is -1.17. The lowest BCUT2D eigenvalue weighted by molar-refractivity contribution is 0.0639. The number of aliphatic imine (C=N–C) groups is 1. The van der Waals surface area contributed by atoms with Crippen LogP contribution in [0.5, 0.6) is 5.06 Å². The van der Waals surface area contributed by atoms with Crippen molar-refractivity contribution in [3.05, 3.63) is 58.2 Å². The first-order valence-electron chi connectivity index (χ1n) is 10.7. The van der Waals surface area contributed by atoms with Gasteiger partial charge in [-0.2, -0.15) is 0 Å². The summed E-state index contributed by atoms with van der Waals surface area (Å²) in [4.78, 5) is 23.7. The number of hydrogen-bond acceptors (Lipinski definition) is 7. The van der Waals surface area contributed by atoms with Gasteiger partial charge in [-0.15, -0.1) is 5.10 Å². The Bertz CT molecular complexity index is 1290.